The smallest absolute Gasteiger partial charge is 0.263 e. The Kier molecular flexibility index (Phi) is 4.98. The van der Waals surface area contributed by atoms with Gasteiger partial charge in [-0.25, -0.2) is 19.6 Å². The molecule has 0 aromatic carbocycles. The topological polar surface area (TPSA) is 149 Å². The van der Waals surface area contributed by atoms with Crippen LogP contribution in [-0.2, 0) is 6.42 Å². The van der Waals surface area contributed by atoms with Crippen molar-refractivity contribution in [2.75, 3.05) is 12.4 Å². The van der Waals surface area contributed by atoms with Crippen LogP contribution in [0.1, 0.15) is 41.3 Å². The molecule has 0 radical (unpaired) electrons. The minimum Gasteiger partial charge on any atom is -0.479 e. The van der Waals surface area contributed by atoms with Crippen molar-refractivity contribution in [3.05, 3.63) is 53.9 Å². The molecule has 1 aliphatic heterocycles. The van der Waals surface area contributed by atoms with Crippen LogP contribution in [0.3, 0.4) is 0 Å². The maximum absolute atomic E-state index is 13.0. The molecule has 5 rings (SSSR count). The van der Waals surface area contributed by atoms with Crippen molar-refractivity contribution in [2.45, 2.75) is 25.8 Å². The van der Waals surface area contributed by atoms with Gasteiger partial charge in [-0.2, -0.15) is 5.26 Å². The summed E-state index contributed by atoms with van der Waals surface area (Å²) in [6, 6.07) is 7.52. The van der Waals surface area contributed by atoms with Gasteiger partial charge in [0.1, 0.15) is 29.0 Å². The highest BCUT2D eigenvalue weighted by Crippen LogP contribution is 2.30. The molecule has 0 spiro atoms. The van der Waals surface area contributed by atoms with Crippen LogP contribution in [0, 0.1) is 11.3 Å². The summed E-state index contributed by atoms with van der Waals surface area (Å²) in [5.74, 6) is 1.96. The van der Waals surface area contributed by atoms with E-state index in [0.717, 1.165) is 18.7 Å². The molecule has 164 valence electrons. The minimum absolute atomic E-state index is 0.110. The number of fused-ring (bicyclic) bond motifs is 1. The average molecular weight is 442 g/mol. The number of rotatable bonds is 5. The highest BCUT2D eigenvalue weighted by molar-refractivity contribution is 6.05. The molecule has 1 N–H and O–H groups in total. The van der Waals surface area contributed by atoms with E-state index < -0.39 is 5.91 Å². The fourth-order valence-corrected chi connectivity index (χ4v) is 3.69. The number of nitrogens with zero attached hydrogens (tertiary/aromatic N) is 9. The lowest BCUT2D eigenvalue weighted by Gasteiger charge is -2.10. The molecule has 0 aliphatic carbocycles. The molecule has 5 heterocycles. The number of hydrogen-bond acceptors (Lipinski definition) is 9. The monoisotopic (exact) mass is 442 g/mol. The van der Waals surface area contributed by atoms with Gasteiger partial charge in [0.05, 0.1) is 19.5 Å². The van der Waals surface area contributed by atoms with Crippen molar-refractivity contribution >= 4 is 11.7 Å². The number of pyridine rings is 1. The van der Waals surface area contributed by atoms with Crippen LogP contribution in [-0.4, -0.2) is 52.5 Å². The lowest BCUT2D eigenvalue weighted by molar-refractivity contribution is 0.102. The molecule has 0 fully saturated rings. The standard InChI is InChI=1S/C21H18N10O2/c1-12-6-7-17-27-28-19(31(12)17)15-4-3-5-16(25-15)26-20(32)14-11-30(29-21(14)33-2)18-10-23-13(8-22)9-24-18/h3-5,9-12H,6-7H2,1-2H3,(H,25,26,32)/t12-/m0/s1. The summed E-state index contributed by atoms with van der Waals surface area (Å²) in [6.45, 7) is 2.12. The maximum Gasteiger partial charge on any atom is 0.263 e. The molecule has 1 aliphatic rings. The van der Waals surface area contributed by atoms with E-state index in [1.807, 2.05) is 12.1 Å². The number of anilines is 1. The maximum atomic E-state index is 13.0. The van der Waals surface area contributed by atoms with E-state index in [1.165, 1.54) is 30.4 Å². The number of nitriles is 1. The number of carbonyl (C=O) groups excluding carboxylic acids is 1. The SMILES string of the molecule is COc1nn(-c2cnc(C#N)cn2)cc1C(=O)Nc1cccc(-c2nnc3n2[C@@H](C)CC3)n1. The van der Waals surface area contributed by atoms with Crippen molar-refractivity contribution in [2.24, 2.45) is 0 Å². The third kappa shape index (κ3) is 3.65. The molecule has 4 aromatic rings. The number of aryl methyl sites for hydroxylation is 1. The molecule has 0 unspecified atom stereocenters. The zero-order valence-corrected chi connectivity index (χ0v) is 17.8. The van der Waals surface area contributed by atoms with Gasteiger partial charge in [-0.05, 0) is 25.5 Å². The fourth-order valence-electron chi connectivity index (χ4n) is 3.69. The predicted octanol–water partition coefficient (Wildman–Crippen LogP) is 1.96. The Morgan fingerprint density at radius 1 is 1.27 bits per heavy atom. The van der Waals surface area contributed by atoms with Crippen molar-refractivity contribution in [3.8, 4) is 29.3 Å². The third-order valence-electron chi connectivity index (χ3n) is 5.32. The highest BCUT2D eigenvalue weighted by Gasteiger charge is 2.25. The van der Waals surface area contributed by atoms with Gasteiger partial charge >= 0.3 is 0 Å². The summed E-state index contributed by atoms with van der Waals surface area (Å²) < 4.78 is 8.70. The first-order chi connectivity index (χ1) is 16.1. The van der Waals surface area contributed by atoms with E-state index in [2.05, 4.69) is 47.1 Å². The Labute approximate surface area is 187 Å². The Balaban J connectivity index is 1.41. The van der Waals surface area contributed by atoms with Gasteiger partial charge < -0.3 is 14.6 Å². The molecular formula is C21H18N10O2. The zero-order valence-electron chi connectivity index (χ0n) is 17.8. The van der Waals surface area contributed by atoms with Gasteiger partial charge in [-0.15, -0.1) is 15.3 Å². The number of methoxy groups -OCH3 is 1. The Bertz CT molecular complexity index is 1380. The second-order valence-corrected chi connectivity index (χ2v) is 7.43. The summed E-state index contributed by atoms with van der Waals surface area (Å²) in [5, 5.41) is 24.4. The highest BCUT2D eigenvalue weighted by atomic mass is 16.5. The number of carbonyl (C=O) groups is 1. The third-order valence-corrected chi connectivity index (χ3v) is 5.32. The first-order valence-electron chi connectivity index (χ1n) is 10.2. The Hall–Kier alpha value is -4.66. The van der Waals surface area contributed by atoms with Crippen molar-refractivity contribution in [1.82, 2.24) is 39.5 Å². The largest absolute Gasteiger partial charge is 0.479 e. The molecule has 12 heteroatoms. The summed E-state index contributed by atoms with van der Waals surface area (Å²) in [5.41, 5.74) is 0.984. The summed E-state index contributed by atoms with van der Waals surface area (Å²) in [6.07, 6.45) is 6.08. The molecule has 33 heavy (non-hydrogen) atoms. The zero-order chi connectivity index (χ0) is 22.9. The van der Waals surface area contributed by atoms with Crippen LogP contribution < -0.4 is 10.1 Å². The van der Waals surface area contributed by atoms with Gasteiger partial charge in [0, 0.05) is 18.7 Å². The van der Waals surface area contributed by atoms with Crippen molar-refractivity contribution in [1.29, 1.82) is 5.26 Å². The van der Waals surface area contributed by atoms with E-state index in [9.17, 15) is 4.79 Å². The normalized spacial score (nSPS) is 14.5. The van der Waals surface area contributed by atoms with E-state index in [4.69, 9.17) is 10.00 Å². The summed E-state index contributed by atoms with van der Waals surface area (Å²) >= 11 is 0. The summed E-state index contributed by atoms with van der Waals surface area (Å²) in [7, 11) is 1.42. The lowest BCUT2D eigenvalue weighted by Crippen LogP contribution is -2.14. The van der Waals surface area contributed by atoms with E-state index >= 15 is 0 Å². The second-order valence-electron chi connectivity index (χ2n) is 7.43. The fraction of sp³-hybridized carbons (Fsp3) is 0.238. The molecule has 0 bridgehead atoms. The van der Waals surface area contributed by atoms with Gasteiger partial charge in [0.25, 0.3) is 5.91 Å². The van der Waals surface area contributed by atoms with E-state index in [0.29, 0.717) is 29.2 Å². The molecule has 0 saturated carbocycles. The molecule has 1 atom stereocenters. The average Bonchev–Trinajstić information content (AvgIpc) is 3.55. The Morgan fingerprint density at radius 3 is 2.91 bits per heavy atom. The minimum atomic E-state index is -0.454. The van der Waals surface area contributed by atoms with Crippen LogP contribution >= 0.6 is 0 Å². The van der Waals surface area contributed by atoms with Crippen molar-refractivity contribution < 1.29 is 9.53 Å². The quantitative estimate of drug-likeness (QED) is 0.489. The number of hydrogen-bond donors (Lipinski definition) is 1. The first kappa shape index (κ1) is 20.3. The molecule has 1 amide bonds. The van der Waals surface area contributed by atoms with Crippen LogP contribution in [0.4, 0.5) is 5.82 Å². The van der Waals surface area contributed by atoms with Gasteiger partial charge in [-0.3, -0.25) is 4.79 Å². The van der Waals surface area contributed by atoms with Gasteiger partial charge in [0.15, 0.2) is 17.3 Å². The van der Waals surface area contributed by atoms with Crippen LogP contribution in [0.2, 0.25) is 0 Å². The number of amides is 1. The summed E-state index contributed by atoms with van der Waals surface area (Å²) in [4.78, 5) is 25.6. The van der Waals surface area contributed by atoms with Crippen LogP contribution in [0.5, 0.6) is 5.88 Å². The number of aromatic nitrogens is 8. The molecule has 0 saturated heterocycles. The second kappa shape index (κ2) is 8.12. The lowest BCUT2D eigenvalue weighted by atomic mass is 10.2. The van der Waals surface area contributed by atoms with Gasteiger partial charge in [-0.1, -0.05) is 6.07 Å². The van der Waals surface area contributed by atoms with Crippen LogP contribution in [0.15, 0.2) is 36.8 Å². The van der Waals surface area contributed by atoms with Crippen molar-refractivity contribution in [3.63, 3.8) is 0 Å². The number of ether oxygens (including phenoxy) is 1. The molecule has 12 nitrogen and oxygen atoms in total. The van der Waals surface area contributed by atoms with Crippen LogP contribution in [0.25, 0.3) is 17.3 Å². The van der Waals surface area contributed by atoms with Gasteiger partial charge in [0.2, 0.25) is 5.88 Å². The van der Waals surface area contributed by atoms with E-state index in [1.54, 1.807) is 12.1 Å². The predicted molar refractivity (Wildman–Crippen MR) is 115 cm³/mol. The number of nitrogens with one attached hydrogen (secondary N) is 1. The Morgan fingerprint density at radius 2 is 2.15 bits per heavy atom. The molecular weight excluding hydrogens is 424 g/mol. The first-order valence-corrected chi connectivity index (χ1v) is 10.2. The molecule has 4 aromatic heterocycles. The van der Waals surface area contributed by atoms with E-state index in [-0.39, 0.29) is 17.1 Å².